The van der Waals surface area contributed by atoms with Crippen molar-refractivity contribution in [2.24, 2.45) is 56.7 Å². The molecule has 0 amide bonds. The number of aliphatic hydroxyl groups is 1. The smallest absolute Gasteiger partial charge is 0.138 e. The van der Waals surface area contributed by atoms with E-state index in [9.17, 15) is 9.90 Å². The fourth-order valence-electron chi connectivity index (χ4n) is 11.8. The van der Waals surface area contributed by atoms with E-state index in [-0.39, 0.29) is 5.41 Å². The van der Waals surface area contributed by atoms with Crippen LogP contribution in [0.5, 0.6) is 0 Å². The molecule has 5 aliphatic rings. The monoisotopic (exact) mass is 442 g/mol. The van der Waals surface area contributed by atoms with Crippen molar-refractivity contribution in [1.82, 2.24) is 0 Å². The molecule has 32 heavy (non-hydrogen) atoms. The van der Waals surface area contributed by atoms with E-state index in [1.165, 1.54) is 51.4 Å². The highest BCUT2D eigenvalue weighted by Crippen LogP contribution is 2.77. The average Bonchev–Trinajstić information content (AvgIpc) is 3.03. The van der Waals surface area contributed by atoms with Crippen molar-refractivity contribution in [3.63, 3.8) is 0 Å². The van der Waals surface area contributed by atoms with Gasteiger partial charge in [-0.2, -0.15) is 0 Å². The molecule has 1 N–H and O–H groups in total. The summed E-state index contributed by atoms with van der Waals surface area (Å²) in [7, 11) is 0. The van der Waals surface area contributed by atoms with E-state index in [1.807, 2.05) is 0 Å². The lowest BCUT2D eigenvalue weighted by Crippen LogP contribution is -2.66. The van der Waals surface area contributed by atoms with Gasteiger partial charge in [0.15, 0.2) is 0 Å². The molecule has 0 unspecified atom stereocenters. The predicted molar refractivity (Wildman–Crippen MR) is 131 cm³/mol. The lowest BCUT2D eigenvalue weighted by atomic mass is 9.32. The van der Waals surface area contributed by atoms with Gasteiger partial charge >= 0.3 is 0 Å². The molecule has 0 aliphatic heterocycles. The summed E-state index contributed by atoms with van der Waals surface area (Å²) in [4.78, 5) is 12.9. The maximum absolute atomic E-state index is 12.9. The normalized spacial score (nSPS) is 54.9. The Morgan fingerprint density at radius 1 is 0.719 bits per heavy atom. The molecular formula is C30H50O2. The summed E-state index contributed by atoms with van der Waals surface area (Å²) in [6.07, 6.45) is 12.3. The molecule has 9 atom stereocenters. The number of ketones is 1. The Morgan fingerprint density at radius 3 is 1.88 bits per heavy atom. The number of hydrogen-bond acceptors (Lipinski definition) is 2. The zero-order valence-electron chi connectivity index (χ0n) is 22.3. The zero-order chi connectivity index (χ0) is 23.5. The van der Waals surface area contributed by atoms with Gasteiger partial charge < -0.3 is 5.11 Å². The Bertz CT molecular complexity index is 806. The van der Waals surface area contributed by atoms with Crippen LogP contribution in [0.3, 0.4) is 0 Å². The van der Waals surface area contributed by atoms with Gasteiger partial charge in [0.1, 0.15) is 5.78 Å². The molecule has 182 valence electrons. The molecular weight excluding hydrogens is 392 g/mol. The Labute approximate surface area is 197 Å². The molecule has 5 saturated carbocycles. The van der Waals surface area contributed by atoms with E-state index in [4.69, 9.17) is 0 Å². The first-order chi connectivity index (χ1) is 14.6. The third-order valence-electron chi connectivity index (χ3n) is 13.6. The first-order valence-electron chi connectivity index (χ1n) is 13.9. The van der Waals surface area contributed by atoms with Crippen LogP contribution in [0.4, 0.5) is 0 Å². The maximum Gasteiger partial charge on any atom is 0.138 e. The minimum absolute atomic E-state index is 0.152. The van der Waals surface area contributed by atoms with Crippen molar-refractivity contribution in [2.45, 2.75) is 125 Å². The number of rotatable bonds is 1. The maximum atomic E-state index is 12.9. The largest absolute Gasteiger partial charge is 0.390 e. The van der Waals surface area contributed by atoms with Crippen LogP contribution < -0.4 is 0 Å². The summed E-state index contributed by atoms with van der Waals surface area (Å²) in [5.74, 6) is 3.72. The second-order valence-electron chi connectivity index (χ2n) is 15.2. The summed E-state index contributed by atoms with van der Waals surface area (Å²) in [5, 5.41) is 11.0. The van der Waals surface area contributed by atoms with E-state index in [0.29, 0.717) is 45.2 Å². The fourth-order valence-corrected chi connectivity index (χ4v) is 11.8. The minimum atomic E-state index is -0.553. The Balaban J connectivity index is 1.52. The molecule has 0 aromatic carbocycles. The van der Waals surface area contributed by atoms with Crippen LogP contribution in [0.15, 0.2) is 0 Å². The van der Waals surface area contributed by atoms with Gasteiger partial charge in [-0.15, -0.1) is 0 Å². The second-order valence-corrected chi connectivity index (χ2v) is 15.2. The van der Waals surface area contributed by atoms with Crippen LogP contribution in [0.25, 0.3) is 0 Å². The van der Waals surface area contributed by atoms with E-state index in [0.717, 1.165) is 24.7 Å². The van der Waals surface area contributed by atoms with Gasteiger partial charge in [0.2, 0.25) is 0 Å². The second kappa shape index (κ2) is 6.64. The number of Topliss-reactive ketones (excluding diaryl/α,β-unsaturated/α-hetero) is 1. The highest BCUT2D eigenvalue weighted by Gasteiger charge is 2.71. The van der Waals surface area contributed by atoms with Crippen LogP contribution in [0.2, 0.25) is 0 Å². The molecule has 0 bridgehead atoms. The Kier molecular flexibility index (Phi) is 4.85. The van der Waals surface area contributed by atoms with Crippen LogP contribution >= 0.6 is 0 Å². The topological polar surface area (TPSA) is 37.3 Å². The molecule has 0 spiro atoms. The lowest BCUT2D eigenvalue weighted by molar-refractivity contribution is -0.240. The summed E-state index contributed by atoms with van der Waals surface area (Å²) in [5.41, 5.74) is 0.741. The molecule has 5 fully saturated rings. The SMILES string of the molecule is CC(C)(O)[C@@H]1CC[C@]2(C)[C@H]3CC[C@@H]4[C@@]5(C)CCC(=O)C(C)(C)[C@@H]5CC[C@@]4(C)[C@]3(C)CC[C@@H]12. The van der Waals surface area contributed by atoms with Gasteiger partial charge in [0, 0.05) is 11.8 Å². The molecule has 2 nitrogen and oxygen atoms in total. The number of hydrogen-bond donors (Lipinski definition) is 1. The van der Waals surface area contributed by atoms with Crippen LogP contribution in [-0.4, -0.2) is 16.5 Å². The number of carbonyl (C=O) groups is 1. The van der Waals surface area contributed by atoms with Crippen molar-refractivity contribution in [3.05, 3.63) is 0 Å². The van der Waals surface area contributed by atoms with E-state index in [2.05, 4.69) is 55.4 Å². The highest BCUT2D eigenvalue weighted by atomic mass is 16.3. The zero-order valence-corrected chi connectivity index (χ0v) is 22.3. The first-order valence-corrected chi connectivity index (χ1v) is 13.9. The quantitative estimate of drug-likeness (QED) is 0.458. The van der Waals surface area contributed by atoms with Crippen molar-refractivity contribution < 1.29 is 9.90 Å². The molecule has 0 radical (unpaired) electrons. The van der Waals surface area contributed by atoms with Gasteiger partial charge in [-0.3, -0.25) is 4.79 Å². The molecule has 0 aromatic heterocycles. The van der Waals surface area contributed by atoms with Gasteiger partial charge in [-0.05, 0) is 123 Å². The third-order valence-corrected chi connectivity index (χ3v) is 13.6. The summed E-state index contributed by atoms with van der Waals surface area (Å²) < 4.78 is 0. The molecule has 2 heteroatoms. The molecule has 0 aromatic rings. The first kappa shape index (κ1) is 23.4. The summed E-state index contributed by atoms with van der Waals surface area (Å²) >= 11 is 0. The standard InChI is InChI=1S/C30H50O2/c1-25(2)21-13-18-30(8)23(28(21,6)16-14-24(25)31)10-9-22-27(5)15-11-19(26(3,4)32)20(27)12-17-29(22,30)7/h19-23,32H,9-18H2,1-8H3/t19-,20+,21+,22-,23-,27+,28+,29-,30-/m1/s1. The molecule has 0 saturated heterocycles. The van der Waals surface area contributed by atoms with E-state index < -0.39 is 5.60 Å². The predicted octanol–water partition coefficient (Wildman–Crippen LogP) is 7.43. The van der Waals surface area contributed by atoms with E-state index in [1.54, 1.807) is 0 Å². The summed E-state index contributed by atoms with van der Waals surface area (Å²) in [6, 6.07) is 0. The van der Waals surface area contributed by atoms with Crippen molar-refractivity contribution in [1.29, 1.82) is 0 Å². The minimum Gasteiger partial charge on any atom is -0.390 e. The van der Waals surface area contributed by atoms with Crippen molar-refractivity contribution >= 4 is 5.78 Å². The third kappa shape index (κ3) is 2.66. The summed E-state index contributed by atoms with van der Waals surface area (Å²) in [6.45, 7) is 19.2. The highest BCUT2D eigenvalue weighted by molar-refractivity contribution is 5.85. The van der Waals surface area contributed by atoms with E-state index >= 15 is 0 Å². The van der Waals surface area contributed by atoms with Crippen LogP contribution in [-0.2, 0) is 4.79 Å². The molecule has 5 aliphatic carbocycles. The van der Waals surface area contributed by atoms with Crippen LogP contribution in [0, 0.1) is 56.7 Å². The van der Waals surface area contributed by atoms with Gasteiger partial charge in [0.25, 0.3) is 0 Å². The number of carbonyl (C=O) groups excluding carboxylic acids is 1. The lowest BCUT2D eigenvalue weighted by Gasteiger charge is -2.73. The average molecular weight is 443 g/mol. The number of fused-ring (bicyclic) bond motifs is 7. The van der Waals surface area contributed by atoms with Crippen molar-refractivity contribution in [3.8, 4) is 0 Å². The van der Waals surface area contributed by atoms with Gasteiger partial charge in [0.05, 0.1) is 5.60 Å². The van der Waals surface area contributed by atoms with Crippen LogP contribution in [0.1, 0.15) is 120 Å². The fraction of sp³-hybridized carbons (Fsp3) is 0.967. The van der Waals surface area contributed by atoms with Crippen molar-refractivity contribution in [2.75, 3.05) is 0 Å². The van der Waals surface area contributed by atoms with Gasteiger partial charge in [-0.1, -0.05) is 41.5 Å². The molecule has 0 heterocycles. The Morgan fingerprint density at radius 2 is 1.28 bits per heavy atom. The molecule has 5 rings (SSSR count). The Hall–Kier alpha value is -0.370. The van der Waals surface area contributed by atoms with Gasteiger partial charge in [-0.25, -0.2) is 0 Å².